The average molecular weight is 520 g/mol. The van der Waals surface area contributed by atoms with E-state index in [1.54, 1.807) is 13.2 Å². The molecule has 4 heterocycles. The third-order valence-electron chi connectivity index (χ3n) is 7.22. The number of benzene rings is 2. The van der Waals surface area contributed by atoms with Crippen LogP contribution in [0.15, 0.2) is 60.7 Å². The molecule has 0 spiro atoms. The molecule has 198 valence electrons. The second-order valence-electron chi connectivity index (χ2n) is 9.74. The predicted molar refractivity (Wildman–Crippen MR) is 142 cm³/mol. The lowest BCUT2D eigenvalue weighted by molar-refractivity contribution is 0.00794. The number of anilines is 1. The largest absolute Gasteiger partial charge is 0.470 e. The normalized spacial score (nSPS) is 22.6. The topological polar surface area (TPSA) is 89.1 Å². The number of hydrogen-bond acceptors (Lipinski definition) is 7. The number of halogens is 1. The van der Waals surface area contributed by atoms with E-state index in [9.17, 15) is 5.11 Å². The van der Waals surface area contributed by atoms with Crippen LogP contribution in [0, 0.1) is 5.82 Å². The van der Waals surface area contributed by atoms with E-state index in [2.05, 4.69) is 39.1 Å². The van der Waals surface area contributed by atoms with Gasteiger partial charge in [-0.1, -0.05) is 36.4 Å². The van der Waals surface area contributed by atoms with Gasteiger partial charge in [0.25, 0.3) is 0 Å². The number of aromatic nitrogens is 2. The summed E-state index contributed by atoms with van der Waals surface area (Å²) >= 11 is 0. The molecule has 0 aliphatic carbocycles. The maximum absolute atomic E-state index is 15.1. The number of hydrogen-bond donors (Lipinski definition) is 2. The Morgan fingerprint density at radius 3 is 2.42 bits per heavy atom. The molecule has 2 fully saturated rings. The van der Waals surface area contributed by atoms with Gasteiger partial charge in [0.15, 0.2) is 17.8 Å². The molecule has 0 unspecified atom stereocenters. The van der Waals surface area contributed by atoms with E-state index < -0.39 is 11.9 Å². The smallest absolute Gasteiger partial charge is 0.193 e. The van der Waals surface area contributed by atoms with Gasteiger partial charge >= 0.3 is 0 Å². The number of nitrogens with zero attached hydrogens (tertiary/aromatic N) is 2. The van der Waals surface area contributed by atoms with Crippen molar-refractivity contribution in [2.45, 2.75) is 24.4 Å². The van der Waals surface area contributed by atoms with Crippen LogP contribution in [0.2, 0.25) is 0 Å². The zero-order valence-electron chi connectivity index (χ0n) is 21.3. The molecule has 0 radical (unpaired) electrons. The van der Waals surface area contributed by atoms with Crippen LogP contribution < -0.4 is 9.64 Å². The molecule has 2 aliphatic heterocycles. The summed E-state index contributed by atoms with van der Waals surface area (Å²) in [5.41, 5.74) is 5.33. The van der Waals surface area contributed by atoms with Crippen molar-refractivity contribution in [3.05, 3.63) is 66.5 Å². The second kappa shape index (κ2) is 10.3. The van der Waals surface area contributed by atoms with E-state index in [-0.39, 0.29) is 30.6 Å². The number of likely N-dealkylation sites (N-methyl/N-ethyl adjacent to an activating group) is 1. The highest BCUT2D eigenvalue weighted by atomic mass is 19.1. The number of aromatic amines is 1. The first kappa shape index (κ1) is 24.8. The molecule has 2 aromatic carbocycles. The van der Waals surface area contributed by atoms with Crippen LogP contribution in [0.1, 0.15) is 0 Å². The van der Waals surface area contributed by atoms with E-state index in [0.29, 0.717) is 35.7 Å². The Kier molecular flexibility index (Phi) is 6.75. The lowest BCUT2D eigenvalue weighted by Crippen LogP contribution is -2.34. The molecule has 0 amide bonds. The molecular formula is C29H30FN3O5. The van der Waals surface area contributed by atoms with Crippen molar-refractivity contribution in [3.8, 4) is 28.3 Å². The lowest BCUT2D eigenvalue weighted by atomic mass is 10.0. The maximum Gasteiger partial charge on any atom is 0.193 e. The van der Waals surface area contributed by atoms with E-state index in [0.717, 1.165) is 23.4 Å². The maximum atomic E-state index is 15.1. The van der Waals surface area contributed by atoms with Crippen molar-refractivity contribution >= 4 is 16.7 Å². The van der Waals surface area contributed by atoms with Gasteiger partial charge in [0.1, 0.15) is 24.0 Å². The molecular weight excluding hydrogens is 489 g/mol. The van der Waals surface area contributed by atoms with Crippen LogP contribution in [0.3, 0.4) is 0 Å². The molecule has 9 heteroatoms. The minimum Gasteiger partial charge on any atom is -0.470 e. The minimum absolute atomic E-state index is 0.231. The highest BCUT2D eigenvalue weighted by molar-refractivity contribution is 5.81. The van der Waals surface area contributed by atoms with Gasteiger partial charge in [0, 0.05) is 44.1 Å². The Morgan fingerprint density at radius 1 is 1.00 bits per heavy atom. The van der Waals surface area contributed by atoms with Crippen LogP contribution in [0.25, 0.3) is 33.4 Å². The van der Waals surface area contributed by atoms with Crippen molar-refractivity contribution in [1.82, 2.24) is 9.97 Å². The lowest BCUT2D eigenvalue weighted by Gasteiger charge is -2.19. The van der Waals surface area contributed by atoms with Crippen LogP contribution in [0.5, 0.6) is 5.88 Å². The summed E-state index contributed by atoms with van der Waals surface area (Å²) in [5, 5.41) is 9.93. The van der Waals surface area contributed by atoms with Crippen molar-refractivity contribution in [2.24, 2.45) is 0 Å². The van der Waals surface area contributed by atoms with E-state index in [1.165, 1.54) is 6.07 Å². The summed E-state index contributed by atoms with van der Waals surface area (Å²) in [5.74, 6) is 0.0311. The van der Waals surface area contributed by atoms with Gasteiger partial charge in [0.2, 0.25) is 0 Å². The summed E-state index contributed by atoms with van der Waals surface area (Å²) < 4.78 is 37.5. The van der Waals surface area contributed by atoms with Crippen molar-refractivity contribution in [3.63, 3.8) is 0 Å². The summed E-state index contributed by atoms with van der Waals surface area (Å²) in [6.45, 7) is 2.03. The zero-order valence-corrected chi connectivity index (χ0v) is 21.3. The standard InChI is InChI=1S/C29H30FN3O5/c1-33(11-12-35-2)20-9-7-18(8-10-20)17-3-5-19(6-4-17)27-21(30)13-22-23(32-27)14-26(31-22)38-25-16-37-28-24(34)15-36-29(25)28/h3-10,13-14,24-25,28-29,31,34H,11-12,15-16H2,1-2H3/t24-,25-,28-,29-/m1/s1. The molecule has 2 aromatic heterocycles. The van der Waals surface area contributed by atoms with Crippen LogP contribution in [-0.4, -0.2) is 80.0 Å². The number of rotatable bonds is 8. The number of aliphatic hydroxyl groups is 1. The van der Waals surface area contributed by atoms with Crippen LogP contribution >= 0.6 is 0 Å². The third kappa shape index (κ3) is 4.74. The Labute approximate surface area is 219 Å². The first-order valence-corrected chi connectivity index (χ1v) is 12.7. The van der Waals surface area contributed by atoms with Gasteiger partial charge < -0.3 is 33.9 Å². The Balaban J connectivity index is 1.18. The first-order valence-electron chi connectivity index (χ1n) is 12.7. The fourth-order valence-electron chi connectivity index (χ4n) is 5.07. The fourth-order valence-corrected chi connectivity index (χ4v) is 5.07. The summed E-state index contributed by atoms with van der Waals surface area (Å²) in [6.07, 6.45) is -1.72. The minimum atomic E-state index is -0.645. The first-order chi connectivity index (χ1) is 18.5. The predicted octanol–water partition coefficient (Wildman–Crippen LogP) is 4.02. The highest BCUT2D eigenvalue weighted by Crippen LogP contribution is 2.32. The van der Waals surface area contributed by atoms with Crippen molar-refractivity contribution < 1.29 is 28.4 Å². The molecule has 4 atom stereocenters. The zero-order chi connectivity index (χ0) is 26.2. The van der Waals surface area contributed by atoms with Gasteiger partial charge in [-0.25, -0.2) is 9.37 Å². The number of ether oxygens (including phenoxy) is 4. The molecule has 38 heavy (non-hydrogen) atoms. The van der Waals surface area contributed by atoms with Gasteiger partial charge in [-0.2, -0.15) is 0 Å². The monoisotopic (exact) mass is 519 g/mol. The Morgan fingerprint density at radius 2 is 1.68 bits per heavy atom. The van der Waals surface area contributed by atoms with E-state index in [1.807, 2.05) is 31.3 Å². The molecule has 4 aromatic rings. The van der Waals surface area contributed by atoms with Crippen molar-refractivity contribution in [2.75, 3.05) is 45.4 Å². The van der Waals surface area contributed by atoms with Crippen LogP contribution in [0.4, 0.5) is 10.1 Å². The number of fused-ring (bicyclic) bond motifs is 2. The molecule has 2 N–H and O–H groups in total. The Bertz CT molecular complexity index is 1410. The number of H-pyrrole nitrogens is 1. The highest BCUT2D eigenvalue weighted by Gasteiger charge is 2.48. The molecule has 8 nitrogen and oxygen atoms in total. The second-order valence-corrected chi connectivity index (χ2v) is 9.74. The molecule has 2 aliphatic rings. The SMILES string of the molecule is COCCN(C)c1ccc(-c2ccc(-c3nc4cc(O[C@@H]5CO[C@H]6[C@@H]5OC[C@H]6O)[nH]c4cc3F)cc2)cc1. The van der Waals surface area contributed by atoms with Gasteiger partial charge in [-0.15, -0.1) is 0 Å². The summed E-state index contributed by atoms with van der Waals surface area (Å²) in [7, 11) is 3.73. The third-order valence-corrected chi connectivity index (χ3v) is 7.22. The number of aliphatic hydroxyl groups excluding tert-OH is 1. The number of methoxy groups -OCH3 is 1. The summed E-state index contributed by atoms with van der Waals surface area (Å²) in [6, 6.07) is 19.2. The van der Waals surface area contributed by atoms with E-state index >= 15 is 4.39 Å². The van der Waals surface area contributed by atoms with Crippen molar-refractivity contribution in [1.29, 1.82) is 0 Å². The molecule has 0 bridgehead atoms. The van der Waals surface area contributed by atoms with Gasteiger partial charge in [0.05, 0.1) is 30.9 Å². The fraction of sp³-hybridized carbons (Fsp3) is 0.345. The average Bonchev–Trinajstić information content (AvgIpc) is 3.63. The molecule has 0 saturated carbocycles. The molecule has 2 saturated heterocycles. The molecule has 6 rings (SSSR count). The van der Waals surface area contributed by atoms with Crippen LogP contribution in [-0.2, 0) is 14.2 Å². The summed E-state index contributed by atoms with van der Waals surface area (Å²) in [4.78, 5) is 9.79. The van der Waals surface area contributed by atoms with Gasteiger partial charge in [-0.3, -0.25) is 0 Å². The number of pyridine rings is 1. The number of nitrogens with one attached hydrogen (secondary N) is 1. The Hall–Kier alpha value is -3.50. The quantitative estimate of drug-likeness (QED) is 0.364. The van der Waals surface area contributed by atoms with E-state index in [4.69, 9.17) is 18.9 Å². The van der Waals surface area contributed by atoms with Gasteiger partial charge in [-0.05, 0) is 23.3 Å².